The molecule has 4 amide bonds. The summed E-state index contributed by atoms with van der Waals surface area (Å²) < 4.78 is 42.2. The van der Waals surface area contributed by atoms with Gasteiger partial charge < -0.3 is 29.5 Å². The molecule has 64 heavy (non-hydrogen) atoms. The number of fused-ring (bicyclic) bond motifs is 2. The molecule has 0 bridgehead atoms. The minimum atomic E-state index is -0.648. The molecule has 5 aliphatic rings. The summed E-state index contributed by atoms with van der Waals surface area (Å²) in [4.78, 5) is 69.4. The molecule has 2 aromatic carbocycles. The van der Waals surface area contributed by atoms with Crippen molar-refractivity contribution in [3.8, 4) is 5.88 Å². The van der Waals surface area contributed by atoms with Crippen molar-refractivity contribution >= 4 is 52.4 Å². The van der Waals surface area contributed by atoms with Gasteiger partial charge in [0.15, 0.2) is 0 Å². The molecule has 2 aromatic heterocycles. The van der Waals surface area contributed by atoms with Crippen molar-refractivity contribution in [2.24, 2.45) is 0 Å². The number of benzene rings is 2. The molecule has 15 nitrogen and oxygen atoms in total. The number of hydrogen-bond acceptors (Lipinski definition) is 12. The van der Waals surface area contributed by atoms with Gasteiger partial charge >= 0.3 is 6.09 Å². The Morgan fingerprint density at radius 3 is 2.42 bits per heavy atom. The molecule has 1 unspecified atom stereocenters. The van der Waals surface area contributed by atoms with Gasteiger partial charge in [-0.25, -0.2) is 23.5 Å². The number of hydrogen-bond donors (Lipinski definition) is 2. The SMILES string of the molecule is Cc1c(N2CCc3cnc(Nc4ccc(CC(=O)N5CCN(C6CN(c7ccc(C8CCC(=O)NC8=O)cc7F)C6)CC5)c(F)c4)cc3C2)cnc2c1N(C(=O)OC(C)(C)C)CCO2. The lowest BCUT2D eigenvalue weighted by atomic mass is 9.90. The minimum Gasteiger partial charge on any atom is -0.474 e. The minimum absolute atomic E-state index is 0.0526. The second-order valence-electron chi connectivity index (χ2n) is 18.2. The van der Waals surface area contributed by atoms with E-state index in [1.54, 1.807) is 40.3 Å². The van der Waals surface area contributed by atoms with E-state index in [0.29, 0.717) is 105 Å². The van der Waals surface area contributed by atoms with Gasteiger partial charge in [-0.05, 0) is 93.1 Å². The van der Waals surface area contributed by atoms with Gasteiger partial charge in [0, 0.05) is 82.3 Å². The number of ether oxygens (including phenoxy) is 2. The molecule has 0 aliphatic carbocycles. The summed E-state index contributed by atoms with van der Waals surface area (Å²) in [6, 6.07) is 11.8. The maximum atomic E-state index is 15.5. The number of anilines is 5. The number of nitrogens with one attached hydrogen (secondary N) is 2. The van der Waals surface area contributed by atoms with E-state index in [1.807, 2.05) is 44.9 Å². The molecule has 0 radical (unpaired) electrons. The molecule has 5 aliphatic heterocycles. The van der Waals surface area contributed by atoms with E-state index < -0.39 is 29.2 Å². The lowest BCUT2D eigenvalue weighted by molar-refractivity contribution is -0.134. The topological polar surface area (TPSA) is 153 Å². The Kier molecular flexibility index (Phi) is 11.6. The van der Waals surface area contributed by atoms with Crippen LogP contribution in [0.1, 0.15) is 67.3 Å². The number of rotatable bonds is 8. The summed E-state index contributed by atoms with van der Waals surface area (Å²) in [7, 11) is 0. The first-order valence-corrected chi connectivity index (χ1v) is 22.0. The highest BCUT2D eigenvalue weighted by atomic mass is 19.1. The first-order chi connectivity index (χ1) is 30.7. The highest BCUT2D eigenvalue weighted by molar-refractivity contribution is 6.01. The van der Waals surface area contributed by atoms with Crippen molar-refractivity contribution in [1.82, 2.24) is 25.1 Å². The Hall–Kier alpha value is -6.36. The van der Waals surface area contributed by atoms with Crippen molar-refractivity contribution in [3.05, 3.63) is 94.3 Å². The summed E-state index contributed by atoms with van der Waals surface area (Å²) in [6.07, 6.45) is 4.50. The molecule has 4 aromatic rings. The van der Waals surface area contributed by atoms with E-state index in [4.69, 9.17) is 9.47 Å². The average Bonchev–Trinajstić information content (AvgIpc) is 3.24. The van der Waals surface area contributed by atoms with Crippen LogP contribution in [0.5, 0.6) is 5.88 Å². The Labute approximate surface area is 370 Å². The van der Waals surface area contributed by atoms with Crippen LogP contribution < -0.4 is 30.1 Å². The van der Waals surface area contributed by atoms with Crippen molar-refractivity contribution in [1.29, 1.82) is 0 Å². The summed E-state index contributed by atoms with van der Waals surface area (Å²) in [5, 5.41) is 5.57. The Balaban J connectivity index is 0.765. The van der Waals surface area contributed by atoms with Crippen molar-refractivity contribution < 1.29 is 37.4 Å². The van der Waals surface area contributed by atoms with Crippen LogP contribution in [0.3, 0.4) is 0 Å². The van der Waals surface area contributed by atoms with Crippen molar-refractivity contribution in [2.75, 3.05) is 79.0 Å². The Morgan fingerprint density at radius 2 is 1.69 bits per heavy atom. The van der Waals surface area contributed by atoms with Crippen molar-refractivity contribution in [3.63, 3.8) is 0 Å². The molecule has 0 saturated carbocycles. The molecular formula is C47H53F2N9O6. The standard InChI is InChI=1S/C47H53F2N9O6/c1-28-39(24-51-45-43(28)58(17-18-63-45)46(62)64-47(2,3)4)56-12-11-31-23-50-40(20-32(31)25-56)52-33-7-5-30(36(48)22-33)21-42(60)55-15-13-54(14-16-55)34-26-57(27-34)38-9-6-29(19-37(38)49)35-8-10-41(59)53-44(35)61/h5-7,9,19-20,22-24,34-35H,8,10-18,21,25-27H2,1-4H3,(H,50,52)(H,53,59,61). The Bertz CT molecular complexity index is 2500. The van der Waals surface area contributed by atoms with Crippen molar-refractivity contribution in [2.45, 2.75) is 77.5 Å². The fourth-order valence-corrected chi connectivity index (χ4v) is 9.28. The monoisotopic (exact) mass is 877 g/mol. The quantitative estimate of drug-likeness (QED) is 0.212. The van der Waals surface area contributed by atoms with Crippen LogP contribution in [0.4, 0.5) is 42.1 Å². The smallest absolute Gasteiger partial charge is 0.415 e. The fourth-order valence-electron chi connectivity index (χ4n) is 9.28. The van der Waals surface area contributed by atoms with Gasteiger partial charge in [-0.15, -0.1) is 0 Å². The number of amides is 4. The molecule has 9 rings (SSSR count). The number of halogens is 2. The van der Waals surface area contributed by atoms with Crippen LogP contribution in [0.15, 0.2) is 54.9 Å². The number of carbonyl (C=O) groups is 4. The van der Waals surface area contributed by atoms with E-state index in [-0.39, 0.29) is 36.6 Å². The maximum absolute atomic E-state index is 15.5. The van der Waals surface area contributed by atoms with E-state index >= 15 is 8.78 Å². The molecule has 7 heterocycles. The Morgan fingerprint density at radius 1 is 0.891 bits per heavy atom. The highest BCUT2D eigenvalue weighted by Crippen LogP contribution is 2.40. The van der Waals surface area contributed by atoms with Gasteiger partial charge in [0.05, 0.1) is 36.5 Å². The maximum Gasteiger partial charge on any atom is 0.415 e. The molecule has 2 N–H and O–H groups in total. The van der Waals surface area contributed by atoms with Crippen LogP contribution in [-0.2, 0) is 38.5 Å². The van der Waals surface area contributed by atoms with E-state index in [0.717, 1.165) is 35.3 Å². The van der Waals surface area contributed by atoms with Gasteiger partial charge in [-0.3, -0.25) is 29.5 Å². The van der Waals surface area contributed by atoms with Gasteiger partial charge in [0.1, 0.15) is 35.3 Å². The molecule has 1 atom stereocenters. The van der Waals surface area contributed by atoms with Gasteiger partial charge in [0.25, 0.3) is 0 Å². The number of piperidine rings is 1. The molecule has 3 fully saturated rings. The zero-order chi connectivity index (χ0) is 44.9. The zero-order valence-corrected chi connectivity index (χ0v) is 36.6. The molecule has 0 spiro atoms. The van der Waals surface area contributed by atoms with E-state index in [2.05, 4.69) is 30.4 Å². The summed E-state index contributed by atoms with van der Waals surface area (Å²) >= 11 is 0. The van der Waals surface area contributed by atoms with Crippen LogP contribution in [0.25, 0.3) is 0 Å². The molecule has 3 saturated heterocycles. The first kappa shape index (κ1) is 42.9. The third kappa shape index (κ3) is 8.90. The average molecular weight is 878 g/mol. The van der Waals surface area contributed by atoms with Crippen LogP contribution in [0.2, 0.25) is 0 Å². The van der Waals surface area contributed by atoms with Gasteiger partial charge in [0.2, 0.25) is 23.6 Å². The number of aromatic nitrogens is 2. The number of carbonyl (C=O) groups excluding carboxylic acids is 4. The molecule has 17 heteroatoms. The second kappa shape index (κ2) is 17.3. The largest absolute Gasteiger partial charge is 0.474 e. The van der Waals surface area contributed by atoms with Gasteiger partial charge in [-0.2, -0.15) is 0 Å². The predicted octanol–water partition coefficient (Wildman–Crippen LogP) is 5.60. The fraction of sp³-hybridized carbons (Fsp3) is 0.447. The van der Waals surface area contributed by atoms with E-state index in [9.17, 15) is 19.2 Å². The number of nitrogens with zero attached hydrogens (tertiary/aromatic N) is 7. The number of piperazine rings is 1. The third-order valence-electron chi connectivity index (χ3n) is 12.8. The lowest BCUT2D eigenvalue weighted by Crippen LogP contribution is -2.63. The lowest BCUT2D eigenvalue weighted by Gasteiger charge is -2.49. The summed E-state index contributed by atoms with van der Waals surface area (Å²) in [5.74, 6) is -1.26. The zero-order valence-electron chi connectivity index (χ0n) is 36.6. The number of imide groups is 1. The highest BCUT2D eigenvalue weighted by Gasteiger charge is 2.37. The van der Waals surface area contributed by atoms with Gasteiger partial charge in [-0.1, -0.05) is 12.1 Å². The molecule has 336 valence electrons. The predicted molar refractivity (Wildman–Crippen MR) is 236 cm³/mol. The summed E-state index contributed by atoms with van der Waals surface area (Å²) in [6.45, 7) is 13.2. The van der Waals surface area contributed by atoms with E-state index in [1.165, 1.54) is 12.1 Å². The second-order valence-corrected chi connectivity index (χ2v) is 18.2. The first-order valence-electron chi connectivity index (χ1n) is 22.0. The van der Waals surface area contributed by atoms with Crippen LogP contribution >= 0.6 is 0 Å². The number of pyridine rings is 2. The van der Waals surface area contributed by atoms with Crippen LogP contribution in [0, 0.1) is 18.6 Å². The summed E-state index contributed by atoms with van der Waals surface area (Å²) in [5.41, 5.74) is 5.79. The van der Waals surface area contributed by atoms with Crippen LogP contribution in [-0.4, -0.2) is 114 Å². The third-order valence-corrected chi connectivity index (χ3v) is 12.8. The normalized spacial score (nSPS) is 19.3. The molecular weight excluding hydrogens is 825 g/mol.